The highest BCUT2D eigenvalue weighted by Gasteiger charge is 2.16. The summed E-state index contributed by atoms with van der Waals surface area (Å²) < 4.78 is 11.7. The Hall–Kier alpha value is -3.72. The lowest BCUT2D eigenvalue weighted by atomic mass is 10.0. The molecule has 0 atom stereocenters. The molecule has 0 aliphatic carbocycles. The van der Waals surface area contributed by atoms with E-state index in [0.29, 0.717) is 39.2 Å². The summed E-state index contributed by atoms with van der Waals surface area (Å²) in [6.45, 7) is 5.87. The minimum absolute atomic E-state index is 0.0688. The van der Waals surface area contributed by atoms with Crippen molar-refractivity contribution < 1.29 is 14.3 Å². The molecule has 7 heteroatoms. The second-order valence-electron chi connectivity index (χ2n) is 7.62. The average Bonchev–Trinajstić information content (AvgIpc) is 2.85. The first-order valence-electron chi connectivity index (χ1n) is 10.7. The average molecular weight is 507 g/mol. The minimum atomic E-state index is -0.541. The molecule has 0 aliphatic rings. The maximum atomic E-state index is 12.8. The number of allylic oxidation sites excluding steroid dienone is 1. The molecule has 0 aromatic heterocycles. The first-order valence-corrected chi connectivity index (χ1v) is 11.5. The van der Waals surface area contributed by atoms with Crippen molar-refractivity contribution in [3.63, 3.8) is 0 Å². The van der Waals surface area contributed by atoms with Crippen molar-refractivity contribution in [2.75, 3.05) is 12.4 Å². The fraction of sp³-hybridized carbons (Fsp3) is 0.143. The maximum absolute atomic E-state index is 12.8. The van der Waals surface area contributed by atoms with Crippen LogP contribution in [0, 0.1) is 18.3 Å². The Bertz CT molecular complexity index is 1330. The predicted octanol–water partition coefficient (Wildman–Crippen LogP) is 7.16. The number of nitrogens with one attached hydrogen (secondary N) is 1. The number of methoxy groups -OCH3 is 1. The lowest BCUT2D eigenvalue weighted by Gasteiger charge is -2.16. The normalized spacial score (nSPS) is 10.9. The number of nitriles is 1. The van der Waals surface area contributed by atoms with Crippen molar-refractivity contribution in [1.29, 1.82) is 5.26 Å². The van der Waals surface area contributed by atoms with Crippen molar-refractivity contribution in [2.45, 2.75) is 20.0 Å². The predicted molar refractivity (Wildman–Crippen MR) is 141 cm³/mol. The van der Waals surface area contributed by atoms with Crippen LogP contribution in [0.3, 0.4) is 0 Å². The van der Waals surface area contributed by atoms with Crippen LogP contribution in [-0.2, 0) is 17.8 Å². The Labute approximate surface area is 215 Å². The fourth-order valence-corrected chi connectivity index (χ4v) is 3.77. The van der Waals surface area contributed by atoms with Gasteiger partial charge in [-0.05, 0) is 60.9 Å². The highest BCUT2D eigenvalue weighted by atomic mass is 35.5. The fourth-order valence-electron chi connectivity index (χ4n) is 3.40. The van der Waals surface area contributed by atoms with Crippen LogP contribution in [0.5, 0.6) is 11.5 Å². The van der Waals surface area contributed by atoms with Crippen molar-refractivity contribution in [1.82, 2.24) is 0 Å². The molecule has 0 unspecified atom stereocenters. The number of hydrogen-bond acceptors (Lipinski definition) is 4. The summed E-state index contributed by atoms with van der Waals surface area (Å²) in [5.41, 5.74) is 3.43. The number of halogens is 2. The molecule has 0 radical (unpaired) electrons. The van der Waals surface area contributed by atoms with Gasteiger partial charge in [-0.25, -0.2) is 0 Å². The number of rotatable bonds is 9. The zero-order valence-corrected chi connectivity index (χ0v) is 20.9. The molecule has 0 bridgehead atoms. The first-order chi connectivity index (χ1) is 16.9. The van der Waals surface area contributed by atoms with E-state index in [-0.39, 0.29) is 12.2 Å². The van der Waals surface area contributed by atoms with E-state index in [1.165, 1.54) is 13.2 Å². The third-order valence-electron chi connectivity index (χ3n) is 5.26. The van der Waals surface area contributed by atoms with E-state index in [9.17, 15) is 10.1 Å². The molecule has 0 heterocycles. The number of nitrogens with zero attached hydrogens (tertiary/aromatic N) is 1. The molecule has 0 saturated carbocycles. The Morgan fingerprint density at radius 3 is 2.54 bits per heavy atom. The van der Waals surface area contributed by atoms with Gasteiger partial charge >= 0.3 is 0 Å². The Balaban J connectivity index is 1.93. The third-order valence-corrected chi connectivity index (χ3v) is 6.04. The van der Waals surface area contributed by atoms with Gasteiger partial charge in [0.05, 0.1) is 7.11 Å². The highest BCUT2D eigenvalue weighted by Crippen LogP contribution is 2.35. The number of carbonyl (C=O) groups excluding carboxylic acids is 1. The van der Waals surface area contributed by atoms with Crippen LogP contribution in [0.15, 0.2) is 72.8 Å². The van der Waals surface area contributed by atoms with Gasteiger partial charge in [0.25, 0.3) is 5.91 Å². The largest absolute Gasteiger partial charge is 0.493 e. The molecule has 5 nitrogen and oxygen atoms in total. The molecule has 0 spiro atoms. The number of amides is 1. The Morgan fingerprint density at radius 1 is 1.11 bits per heavy atom. The number of hydrogen-bond donors (Lipinski definition) is 1. The van der Waals surface area contributed by atoms with E-state index in [2.05, 4.69) is 11.9 Å². The molecule has 178 valence electrons. The monoisotopic (exact) mass is 506 g/mol. The summed E-state index contributed by atoms with van der Waals surface area (Å²) in [7, 11) is 1.53. The van der Waals surface area contributed by atoms with Gasteiger partial charge < -0.3 is 14.8 Å². The maximum Gasteiger partial charge on any atom is 0.266 e. The number of anilines is 1. The zero-order valence-electron chi connectivity index (χ0n) is 19.4. The summed E-state index contributed by atoms with van der Waals surface area (Å²) in [4.78, 5) is 12.8. The van der Waals surface area contributed by atoms with Gasteiger partial charge in [-0.1, -0.05) is 53.5 Å². The van der Waals surface area contributed by atoms with Crippen LogP contribution in [0.2, 0.25) is 10.0 Å². The van der Waals surface area contributed by atoms with Gasteiger partial charge in [0, 0.05) is 26.9 Å². The molecule has 1 N–H and O–H groups in total. The van der Waals surface area contributed by atoms with E-state index >= 15 is 0 Å². The van der Waals surface area contributed by atoms with Gasteiger partial charge in [0.15, 0.2) is 11.5 Å². The molecule has 1 amide bonds. The van der Waals surface area contributed by atoms with Crippen LogP contribution in [-0.4, -0.2) is 13.0 Å². The summed E-state index contributed by atoms with van der Waals surface area (Å²) >= 11 is 12.4. The van der Waals surface area contributed by atoms with E-state index in [0.717, 1.165) is 16.7 Å². The van der Waals surface area contributed by atoms with E-state index in [4.69, 9.17) is 32.7 Å². The van der Waals surface area contributed by atoms with Crippen LogP contribution in [0.4, 0.5) is 5.69 Å². The number of ether oxygens (including phenoxy) is 2. The van der Waals surface area contributed by atoms with E-state index < -0.39 is 5.91 Å². The first kappa shape index (κ1) is 25.9. The minimum Gasteiger partial charge on any atom is -0.493 e. The summed E-state index contributed by atoms with van der Waals surface area (Å²) in [6.07, 6.45) is 3.73. The second-order valence-corrected chi connectivity index (χ2v) is 8.44. The van der Waals surface area contributed by atoms with Crippen LogP contribution in [0.25, 0.3) is 6.08 Å². The Kier molecular flexibility index (Phi) is 8.97. The topological polar surface area (TPSA) is 71.4 Å². The summed E-state index contributed by atoms with van der Waals surface area (Å²) in [5, 5.41) is 13.5. The molecule has 0 saturated heterocycles. The molecule has 0 aliphatic heterocycles. The molecule has 35 heavy (non-hydrogen) atoms. The third kappa shape index (κ3) is 6.45. The van der Waals surface area contributed by atoms with Crippen molar-refractivity contribution in [3.05, 3.63) is 105 Å². The van der Waals surface area contributed by atoms with Gasteiger partial charge in [-0.3, -0.25) is 4.79 Å². The van der Waals surface area contributed by atoms with Gasteiger partial charge in [0.1, 0.15) is 18.2 Å². The van der Waals surface area contributed by atoms with Crippen LogP contribution >= 0.6 is 23.2 Å². The molecular weight excluding hydrogens is 483 g/mol. The summed E-state index contributed by atoms with van der Waals surface area (Å²) in [6, 6.07) is 18.1. The molecule has 0 fully saturated rings. The SMILES string of the molecule is C=CCc1cc(/C=C(\C#N)C(=O)Nc2cccc(Cl)c2C)cc(OC)c1OCc1ccccc1Cl. The van der Waals surface area contributed by atoms with E-state index in [1.807, 2.05) is 30.3 Å². The quantitative estimate of drug-likeness (QED) is 0.190. The van der Waals surface area contributed by atoms with Crippen molar-refractivity contribution in [3.8, 4) is 17.6 Å². The summed E-state index contributed by atoms with van der Waals surface area (Å²) in [5.74, 6) is 0.467. The zero-order chi connectivity index (χ0) is 25.4. The van der Waals surface area contributed by atoms with Crippen LogP contribution < -0.4 is 14.8 Å². The number of carbonyl (C=O) groups is 1. The van der Waals surface area contributed by atoms with Crippen molar-refractivity contribution in [2.24, 2.45) is 0 Å². The highest BCUT2D eigenvalue weighted by molar-refractivity contribution is 6.32. The molecule has 3 rings (SSSR count). The molecular formula is C28H24Cl2N2O3. The van der Waals surface area contributed by atoms with Gasteiger partial charge in [-0.2, -0.15) is 5.26 Å². The lowest BCUT2D eigenvalue weighted by molar-refractivity contribution is -0.112. The van der Waals surface area contributed by atoms with Gasteiger partial charge in [0.2, 0.25) is 0 Å². The second kappa shape index (κ2) is 12.1. The standard InChI is InChI=1S/C28H24Cl2N2O3/c1-4-8-20-13-19(14-22(16-31)28(33)32-25-12-7-11-23(29)18(25)2)15-26(34-3)27(20)35-17-21-9-5-6-10-24(21)30/h4-7,9-15H,1,8,17H2,2-3H3,(H,32,33)/b22-14+. The number of benzene rings is 3. The van der Waals surface area contributed by atoms with E-state index in [1.54, 1.807) is 43.3 Å². The van der Waals surface area contributed by atoms with Crippen molar-refractivity contribution >= 4 is 40.9 Å². The molecule has 3 aromatic rings. The Morgan fingerprint density at radius 2 is 1.86 bits per heavy atom. The van der Waals surface area contributed by atoms with Crippen LogP contribution in [0.1, 0.15) is 22.3 Å². The van der Waals surface area contributed by atoms with Gasteiger partial charge in [-0.15, -0.1) is 6.58 Å². The smallest absolute Gasteiger partial charge is 0.266 e. The molecule has 3 aromatic carbocycles. The lowest BCUT2D eigenvalue weighted by Crippen LogP contribution is -2.14.